The maximum Gasteiger partial charge on any atom is 0.291 e. The predicted octanol–water partition coefficient (Wildman–Crippen LogP) is 5.02. The molecule has 0 bridgehead atoms. The van der Waals surface area contributed by atoms with Crippen molar-refractivity contribution >= 4 is 34.0 Å². The minimum absolute atomic E-state index is 0.140. The smallest absolute Gasteiger partial charge is 0.291 e. The first kappa shape index (κ1) is 23.1. The van der Waals surface area contributed by atoms with Gasteiger partial charge in [-0.25, -0.2) is 9.07 Å². The first-order chi connectivity index (χ1) is 18.0. The molecule has 6 aromatic rings. The molecule has 0 amide bonds. The molecule has 0 atom stereocenters. The number of halogens is 2. The quantitative estimate of drug-likeness (QED) is 0.313. The summed E-state index contributed by atoms with van der Waals surface area (Å²) in [4.78, 5) is 18.2. The van der Waals surface area contributed by atoms with E-state index >= 15 is 0 Å². The van der Waals surface area contributed by atoms with E-state index < -0.39 is 5.82 Å². The second-order valence-electron chi connectivity index (χ2n) is 8.11. The highest BCUT2D eigenvalue weighted by molar-refractivity contribution is 7.15. The zero-order chi connectivity index (χ0) is 25.5. The van der Waals surface area contributed by atoms with E-state index in [-0.39, 0.29) is 11.3 Å². The Morgan fingerprint density at radius 1 is 1.00 bits per heavy atom. The normalized spacial score (nSPS) is 11.9. The van der Waals surface area contributed by atoms with Gasteiger partial charge in [0.1, 0.15) is 5.69 Å². The van der Waals surface area contributed by atoms with Crippen LogP contribution in [0.1, 0.15) is 5.56 Å². The summed E-state index contributed by atoms with van der Waals surface area (Å²) in [6.07, 6.45) is 3.54. The third kappa shape index (κ3) is 4.28. The van der Waals surface area contributed by atoms with Crippen molar-refractivity contribution in [2.24, 2.45) is 0 Å². The van der Waals surface area contributed by atoms with E-state index in [0.29, 0.717) is 37.2 Å². The van der Waals surface area contributed by atoms with Gasteiger partial charge in [0.25, 0.3) is 5.56 Å². The average molecular weight is 530 g/mol. The van der Waals surface area contributed by atoms with E-state index in [0.717, 1.165) is 11.3 Å². The lowest BCUT2D eigenvalue weighted by Crippen LogP contribution is -2.23. The lowest BCUT2D eigenvalue weighted by atomic mass is 10.1. The number of benzene rings is 3. The molecule has 3 heterocycles. The molecule has 0 N–H and O–H groups in total. The molecule has 0 aliphatic heterocycles. The van der Waals surface area contributed by atoms with Gasteiger partial charge in [0, 0.05) is 27.9 Å². The van der Waals surface area contributed by atoms with Crippen molar-refractivity contribution in [3.8, 4) is 34.1 Å². The third-order valence-corrected chi connectivity index (χ3v) is 6.97. The molecule has 0 aliphatic rings. The Morgan fingerprint density at radius 2 is 1.76 bits per heavy atom. The van der Waals surface area contributed by atoms with Gasteiger partial charge in [0.05, 0.1) is 17.3 Å². The van der Waals surface area contributed by atoms with Gasteiger partial charge >= 0.3 is 0 Å². The van der Waals surface area contributed by atoms with E-state index in [1.807, 2.05) is 30.3 Å². The first-order valence-corrected chi connectivity index (χ1v) is 12.4. The number of thiazole rings is 1. The second kappa shape index (κ2) is 9.27. The molecule has 0 aliphatic carbocycles. The molecule has 0 saturated heterocycles. The van der Waals surface area contributed by atoms with Gasteiger partial charge < -0.3 is 4.74 Å². The van der Waals surface area contributed by atoms with Crippen LogP contribution < -0.4 is 14.8 Å². The Labute approximate surface area is 218 Å². The Bertz CT molecular complexity index is 1860. The summed E-state index contributed by atoms with van der Waals surface area (Å²) >= 11 is 7.19. The molecule has 3 aromatic heterocycles. The summed E-state index contributed by atoms with van der Waals surface area (Å²) in [7, 11) is 1.41. The maximum absolute atomic E-state index is 14.5. The van der Waals surface area contributed by atoms with Gasteiger partial charge in [0.2, 0.25) is 4.96 Å². The Balaban J connectivity index is 1.48. The average Bonchev–Trinajstić information content (AvgIpc) is 3.60. The molecule has 7 nitrogen and oxygen atoms in total. The van der Waals surface area contributed by atoms with Crippen LogP contribution in [0.3, 0.4) is 0 Å². The van der Waals surface area contributed by atoms with Crippen LogP contribution in [0, 0.1) is 5.82 Å². The lowest BCUT2D eigenvalue weighted by molar-refractivity contribution is 0.386. The maximum atomic E-state index is 14.5. The highest BCUT2D eigenvalue weighted by atomic mass is 35.5. The van der Waals surface area contributed by atoms with Crippen LogP contribution in [0.15, 0.2) is 83.8 Å². The van der Waals surface area contributed by atoms with E-state index in [9.17, 15) is 9.18 Å². The number of methoxy groups -OCH3 is 1. The molecule has 6 rings (SSSR count). The van der Waals surface area contributed by atoms with Crippen molar-refractivity contribution < 1.29 is 9.13 Å². The summed E-state index contributed by atoms with van der Waals surface area (Å²) in [5.41, 5.74) is 3.01. The first-order valence-electron chi connectivity index (χ1n) is 11.2. The molecule has 0 fully saturated rings. The third-order valence-electron chi connectivity index (χ3n) is 5.76. The van der Waals surface area contributed by atoms with Crippen molar-refractivity contribution in [3.63, 3.8) is 0 Å². The van der Waals surface area contributed by atoms with Crippen LogP contribution in [-0.2, 0) is 0 Å². The zero-order valence-corrected chi connectivity index (χ0v) is 20.9. The lowest BCUT2D eigenvalue weighted by Gasteiger charge is -2.04. The van der Waals surface area contributed by atoms with Crippen molar-refractivity contribution in [2.75, 3.05) is 7.11 Å². The zero-order valence-electron chi connectivity index (χ0n) is 19.3. The van der Waals surface area contributed by atoms with Crippen LogP contribution in [-0.4, -0.2) is 31.5 Å². The summed E-state index contributed by atoms with van der Waals surface area (Å²) in [5, 5.41) is 9.71. The van der Waals surface area contributed by atoms with E-state index in [1.165, 1.54) is 29.0 Å². The number of aromatic nitrogens is 5. The van der Waals surface area contributed by atoms with E-state index in [1.54, 1.807) is 53.4 Å². The highest BCUT2D eigenvalue weighted by Crippen LogP contribution is 2.28. The fourth-order valence-corrected chi connectivity index (χ4v) is 4.96. The summed E-state index contributed by atoms with van der Waals surface area (Å²) in [6.45, 7) is 0. The van der Waals surface area contributed by atoms with Gasteiger partial charge in [-0.05, 0) is 60.7 Å². The second-order valence-corrected chi connectivity index (χ2v) is 9.56. The van der Waals surface area contributed by atoms with Crippen molar-refractivity contribution in [2.45, 2.75) is 0 Å². The Morgan fingerprint density at radius 3 is 2.46 bits per heavy atom. The number of hydrogen-bond acceptors (Lipinski definition) is 6. The molecule has 0 saturated carbocycles. The number of ether oxygens (including phenoxy) is 1. The van der Waals surface area contributed by atoms with Crippen LogP contribution in [0.4, 0.5) is 4.39 Å². The Hall–Kier alpha value is -4.34. The molecule has 182 valence electrons. The highest BCUT2D eigenvalue weighted by Gasteiger charge is 2.16. The van der Waals surface area contributed by atoms with Crippen LogP contribution in [0.5, 0.6) is 5.75 Å². The standard InChI is InChI=1S/C27H17ClFN5O2S/c1-36-22-12-9-17(13-21(22)29)24-18(15-33(31-24)20-5-3-2-4-6-20)14-23-26(35)34-27(37-23)30-25(32-34)16-7-10-19(28)11-8-16/h2-15H,1H3/b23-14-. The topological polar surface area (TPSA) is 74.3 Å². The van der Waals surface area contributed by atoms with Crippen LogP contribution in [0.2, 0.25) is 5.02 Å². The summed E-state index contributed by atoms with van der Waals surface area (Å²) < 4.78 is 23.0. The summed E-state index contributed by atoms with van der Waals surface area (Å²) in [5.74, 6) is 0.0803. The molecular formula is C27H17ClFN5O2S. The van der Waals surface area contributed by atoms with Crippen molar-refractivity contribution in [1.82, 2.24) is 24.4 Å². The van der Waals surface area contributed by atoms with E-state index in [4.69, 9.17) is 21.4 Å². The van der Waals surface area contributed by atoms with Gasteiger partial charge in [-0.3, -0.25) is 4.79 Å². The van der Waals surface area contributed by atoms with Gasteiger partial charge in [-0.1, -0.05) is 41.1 Å². The molecule has 0 unspecified atom stereocenters. The number of fused-ring (bicyclic) bond motifs is 1. The number of hydrogen-bond donors (Lipinski definition) is 0. The van der Waals surface area contributed by atoms with Crippen LogP contribution >= 0.6 is 22.9 Å². The minimum Gasteiger partial charge on any atom is -0.494 e. The molecule has 0 spiro atoms. The molecular weight excluding hydrogens is 513 g/mol. The Kier molecular flexibility index (Phi) is 5.78. The van der Waals surface area contributed by atoms with Crippen LogP contribution in [0.25, 0.3) is 39.4 Å². The summed E-state index contributed by atoms with van der Waals surface area (Å²) in [6, 6.07) is 21.3. The molecule has 3 aromatic carbocycles. The number of rotatable bonds is 5. The largest absolute Gasteiger partial charge is 0.494 e. The number of para-hydroxylation sites is 1. The fourth-order valence-electron chi connectivity index (χ4n) is 3.94. The van der Waals surface area contributed by atoms with Crippen molar-refractivity contribution in [3.05, 3.63) is 110 Å². The monoisotopic (exact) mass is 529 g/mol. The molecule has 10 heteroatoms. The fraction of sp³-hybridized carbons (Fsp3) is 0.0370. The van der Waals surface area contributed by atoms with Crippen molar-refractivity contribution in [1.29, 1.82) is 0 Å². The van der Waals surface area contributed by atoms with Gasteiger partial charge in [-0.2, -0.15) is 14.6 Å². The van der Waals surface area contributed by atoms with E-state index in [2.05, 4.69) is 10.1 Å². The van der Waals surface area contributed by atoms with Gasteiger partial charge in [0.15, 0.2) is 17.4 Å². The van der Waals surface area contributed by atoms with Gasteiger partial charge in [-0.15, -0.1) is 5.10 Å². The number of nitrogens with zero attached hydrogens (tertiary/aromatic N) is 5. The minimum atomic E-state index is -0.502. The molecule has 0 radical (unpaired) electrons. The SMILES string of the molecule is COc1ccc(-c2nn(-c3ccccc3)cc2/C=c2\sc3nc(-c4ccc(Cl)cc4)nn3c2=O)cc1F. The predicted molar refractivity (Wildman–Crippen MR) is 142 cm³/mol. The molecule has 37 heavy (non-hydrogen) atoms.